The highest BCUT2D eigenvalue weighted by molar-refractivity contribution is 7.47. The van der Waals surface area contributed by atoms with E-state index >= 15 is 0 Å². The van der Waals surface area contributed by atoms with Crippen LogP contribution in [0.4, 0.5) is 0 Å². The minimum absolute atomic E-state index is 0.0454. The Morgan fingerprint density at radius 1 is 0.392 bits per heavy atom. The zero-order valence-corrected chi connectivity index (χ0v) is 47.2. The maximum absolute atomic E-state index is 12.9. The van der Waals surface area contributed by atoms with Crippen molar-refractivity contribution in [1.82, 2.24) is 0 Å². The minimum atomic E-state index is -4.79. The molecular formula is C62H101O11P. The molecule has 74 heavy (non-hydrogen) atoms. The van der Waals surface area contributed by atoms with Gasteiger partial charge in [-0.05, 0) is 109 Å². The third-order valence-electron chi connectivity index (χ3n) is 11.4. The van der Waals surface area contributed by atoms with Gasteiger partial charge in [-0.15, -0.1) is 0 Å². The average molecular weight is 1050 g/mol. The Morgan fingerprint density at radius 2 is 0.743 bits per heavy atom. The van der Waals surface area contributed by atoms with E-state index in [0.29, 0.717) is 25.7 Å². The van der Waals surface area contributed by atoms with Crippen molar-refractivity contribution in [3.63, 3.8) is 0 Å². The fourth-order valence-electron chi connectivity index (χ4n) is 7.10. The Balaban J connectivity index is 4.89. The van der Waals surface area contributed by atoms with E-state index < -0.39 is 57.8 Å². The van der Waals surface area contributed by atoms with Gasteiger partial charge in [0.15, 0.2) is 6.10 Å². The largest absolute Gasteiger partial charge is 0.472 e. The fraction of sp³-hybridized carbons (Fsp3) is 0.629. The molecule has 0 bridgehead atoms. The Bertz CT molecular complexity index is 1700. The summed E-state index contributed by atoms with van der Waals surface area (Å²) in [5.41, 5.74) is 0. The van der Waals surface area contributed by atoms with Crippen molar-refractivity contribution in [3.05, 3.63) is 122 Å². The SMILES string of the molecule is CC/C=C\C/C=C\C/C=C\C/C=C\C/C=C\CCCC(=O)OC(COC(=O)CCCCCCCCC/C=C\CCCCCCCC)COP(=O)(O)OCC(CO)OC(=O)CC/C=C\C/C=C\C/C=C\C/C=C\CC. The molecule has 420 valence electrons. The number of carbonyl (C=O) groups is 3. The molecular weight excluding hydrogens is 952 g/mol. The zero-order chi connectivity index (χ0) is 54.1. The monoisotopic (exact) mass is 1050 g/mol. The van der Waals surface area contributed by atoms with Crippen LogP contribution in [0.3, 0.4) is 0 Å². The standard InChI is InChI=1S/C62H101O11P/c1-4-7-10-13-16-19-22-25-27-29-31-34-36-39-42-45-48-51-60(64)69-55-59(73-62(66)53-50-47-44-41-38-35-32-30-28-26-23-20-17-14-11-8-5-2)57-71-74(67,68)70-56-58(54-63)72-61(65)52-49-46-43-40-37-33-24-21-18-15-12-9-6-3/h8-9,11-12,17-18,20-21,25-28,32-33,35,37,41,43-44,46,58-59,63H,4-7,10,13-16,19,22-24,29-31,34,36,38-40,42,45,47-57H2,1-3H3,(H,67,68)/b11-8-,12-9-,20-17-,21-18-,27-25-,28-26-,35-32-,37-33-,44-41-,46-43-. The Hall–Kier alpha value is -4.12. The van der Waals surface area contributed by atoms with Crippen LogP contribution in [0.5, 0.6) is 0 Å². The lowest BCUT2D eigenvalue weighted by atomic mass is 10.1. The van der Waals surface area contributed by atoms with E-state index in [2.05, 4.69) is 112 Å². The number of hydrogen-bond acceptors (Lipinski definition) is 10. The van der Waals surface area contributed by atoms with Crippen LogP contribution >= 0.6 is 7.82 Å². The lowest BCUT2D eigenvalue weighted by molar-refractivity contribution is -0.161. The van der Waals surface area contributed by atoms with Gasteiger partial charge in [0.1, 0.15) is 12.7 Å². The van der Waals surface area contributed by atoms with E-state index in [-0.39, 0.29) is 25.9 Å². The van der Waals surface area contributed by atoms with Crippen LogP contribution in [-0.2, 0) is 42.2 Å². The molecule has 12 heteroatoms. The molecule has 0 saturated heterocycles. The van der Waals surface area contributed by atoms with Crippen LogP contribution in [0.1, 0.15) is 213 Å². The molecule has 0 rings (SSSR count). The zero-order valence-electron chi connectivity index (χ0n) is 46.3. The van der Waals surface area contributed by atoms with Gasteiger partial charge in [0, 0.05) is 19.3 Å². The van der Waals surface area contributed by atoms with Crippen LogP contribution in [0.2, 0.25) is 0 Å². The molecule has 0 spiro atoms. The topological polar surface area (TPSA) is 155 Å². The molecule has 0 aromatic heterocycles. The third kappa shape index (κ3) is 52.7. The van der Waals surface area contributed by atoms with Gasteiger partial charge in [0.2, 0.25) is 0 Å². The summed E-state index contributed by atoms with van der Waals surface area (Å²) in [5.74, 6) is -1.64. The molecule has 0 aliphatic heterocycles. The molecule has 11 nitrogen and oxygen atoms in total. The molecule has 0 heterocycles. The Labute approximate surface area is 449 Å². The highest BCUT2D eigenvalue weighted by Crippen LogP contribution is 2.43. The van der Waals surface area contributed by atoms with Crippen molar-refractivity contribution in [3.8, 4) is 0 Å². The first-order chi connectivity index (χ1) is 36.2. The van der Waals surface area contributed by atoms with Crippen LogP contribution in [0.25, 0.3) is 0 Å². The van der Waals surface area contributed by atoms with Gasteiger partial charge in [-0.2, -0.15) is 0 Å². The summed E-state index contributed by atoms with van der Waals surface area (Å²) < 4.78 is 39.3. The lowest BCUT2D eigenvalue weighted by Gasteiger charge is -2.21. The van der Waals surface area contributed by atoms with E-state index in [0.717, 1.165) is 83.5 Å². The second-order valence-electron chi connectivity index (χ2n) is 18.3. The number of aliphatic hydroxyl groups is 1. The van der Waals surface area contributed by atoms with Crippen LogP contribution in [0.15, 0.2) is 122 Å². The molecule has 3 atom stereocenters. The second kappa shape index (κ2) is 55.1. The number of phosphoric acid groups is 1. The maximum atomic E-state index is 12.9. The number of aliphatic hydroxyl groups excluding tert-OH is 1. The van der Waals surface area contributed by atoms with Crippen molar-refractivity contribution < 1.29 is 52.2 Å². The van der Waals surface area contributed by atoms with E-state index in [1.165, 1.54) is 64.2 Å². The maximum Gasteiger partial charge on any atom is 0.472 e. The number of carbonyl (C=O) groups excluding carboxylic acids is 3. The third-order valence-corrected chi connectivity index (χ3v) is 12.3. The van der Waals surface area contributed by atoms with E-state index in [9.17, 15) is 28.9 Å². The highest BCUT2D eigenvalue weighted by Gasteiger charge is 2.28. The summed E-state index contributed by atoms with van der Waals surface area (Å²) in [6.45, 7) is 4.24. The van der Waals surface area contributed by atoms with Gasteiger partial charge in [-0.25, -0.2) is 4.57 Å². The quantitative estimate of drug-likeness (QED) is 0.0197. The second-order valence-corrected chi connectivity index (χ2v) is 19.8. The van der Waals surface area contributed by atoms with Crippen molar-refractivity contribution in [2.45, 2.75) is 226 Å². The van der Waals surface area contributed by atoms with Gasteiger partial charge in [0.05, 0.1) is 19.8 Å². The van der Waals surface area contributed by atoms with Gasteiger partial charge in [-0.1, -0.05) is 206 Å². The first-order valence-corrected chi connectivity index (χ1v) is 29.9. The predicted octanol–water partition coefficient (Wildman–Crippen LogP) is 16.8. The van der Waals surface area contributed by atoms with E-state index in [1.807, 2.05) is 30.4 Å². The Kier molecular flexibility index (Phi) is 52.1. The molecule has 0 saturated carbocycles. The van der Waals surface area contributed by atoms with E-state index in [4.69, 9.17) is 23.3 Å². The molecule has 0 aromatic carbocycles. The van der Waals surface area contributed by atoms with Gasteiger partial charge in [0.25, 0.3) is 0 Å². The van der Waals surface area contributed by atoms with Gasteiger partial charge < -0.3 is 24.2 Å². The normalized spacial score (nSPS) is 14.3. The number of ether oxygens (including phenoxy) is 3. The van der Waals surface area contributed by atoms with Crippen molar-refractivity contribution in [2.24, 2.45) is 0 Å². The summed E-state index contributed by atoms with van der Waals surface area (Å²) in [6, 6.07) is 0. The summed E-state index contributed by atoms with van der Waals surface area (Å²) in [7, 11) is -4.79. The number of phosphoric ester groups is 1. The first kappa shape index (κ1) is 69.9. The molecule has 2 N–H and O–H groups in total. The molecule has 0 amide bonds. The minimum Gasteiger partial charge on any atom is -0.462 e. The molecule has 0 aliphatic carbocycles. The molecule has 0 aromatic rings. The highest BCUT2D eigenvalue weighted by atomic mass is 31.2. The number of rotatable bonds is 51. The number of unbranched alkanes of at least 4 members (excludes halogenated alkanes) is 14. The summed E-state index contributed by atoms with van der Waals surface area (Å²) in [6.07, 6.45) is 67.6. The van der Waals surface area contributed by atoms with Crippen LogP contribution in [-0.4, -0.2) is 66.5 Å². The smallest absolute Gasteiger partial charge is 0.462 e. The summed E-state index contributed by atoms with van der Waals surface area (Å²) in [4.78, 5) is 48.5. The van der Waals surface area contributed by atoms with Crippen LogP contribution in [0, 0.1) is 0 Å². The fourth-order valence-corrected chi connectivity index (χ4v) is 7.89. The average Bonchev–Trinajstić information content (AvgIpc) is 3.39. The summed E-state index contributed by atoms with van der Waals surface area (Å²) >= 11 is 0. The van der Waals surface area contributed by atoms with Crippen molar-refractivity contribution in [2.75, 3.05) is 26.4 Å². The Morgan fingerprint density at radius 3 is 1.22 bits per heavy atom. The lowest BCUT2D eigenvalue weighted by Crippen LogP contribution is -2.30. The molecule has 0 radical (unpaired) electrons. The molecule has 3 unspecified atom stereocenters. The number of esters is 3. The summed E-state index contributed by atoms with van der Waals surface area (Å²) in [5, 5.41) is 9.78. The van der Waals surface area contributed by atoms with Crippen molar-refractivity contribution >= 4 is 25.7 Å². The predicted molar refractivity (Wildman–Crippen MR) is 306 cm³/mol. The van der Waals surface area contributed by atoms with E-state index in [1.54, 1.807) is 0 Å². The van der Waals surface area contributed by atoms with Crippen molar-refractivity contribution in [1.29, 1.82) is 0 Å². The van der Waals surface area contributed by atoms with Gasteiger partial charge >= 0.3 is 25.7 Å². The number of allylic oxidation sites excluding steroid dienone is 20. The molecule has 0 aliphatic rings. The number of hydrogen-bond donors (Lipinski definition) is 2. The van der Waals surface area contributed by atoms with Crippen LogP contribution < -0.4 is 0 Å². The molecule has 0 fully saturated rings. The van der Waals surface area contributed by atoms with Gasteiger partial charge in [-0.3, -0.25) is 23.4 Å². The first-order valence-electron chi connectivity index (χ1n) is 28.4.